The van der Waals surface area contributed by atoms with E-state index in [1.165, 1.54) is 19.3 Å². The van der Waals surface area contributed by atoms with Gasteiger partial charge >= 0.3 is 22.3 Å². The second-order valence-corrected chi connectivity index (χ2v) is 7.04. The summed E-state index contributed by atoms with van der Waals surface area (Å²) >= 11 is 0. The zero-order valence-corrected chi connectivity index (χ0v) is 15.3. The summed E-state index contributed by atoms with van der Waals surface area (Å²) in [5, 5.41) is 18.3. The maximum atomic E-state index is 11.8. The molecule has 148 valence electrons. The van der Waals surface area contributed by atoms with Crippen molar-refractivity contribution in [2.24, 2.45) is 0 Å². The van der Waals surface area contributed by atoms with Gasteiger partial charge in [-0.15, -0.1) is 0 Å². The number of carbonyl (C=O) groups excluding carboxylic acids is 1. The van der Waals surface area contributed by atoms with Gasteiger partial charge < -0.3 is 19.7 Å². The SMILES string of the molecule is CCCCCCCCCC(COCCO)OC(=O)C1(O)OS(=O)(=O)O1. The first kappa shape index (κ1) is 22.3. The number of rotatable bonds is 14. The Bertz CT molecular complexity index is 479. The third kappa shape index (κ3) is 8.43. The van der Waals surface area contributed by atoms with Crippen molar-refractivity contribution in [3.63, 3.8) is 0 Å². The fourth-order valence-electron chi connectivity index (χ4n) is 2.36. The molecule has 0 aromatic heterocycles. The number of aliphatic hydroxyl groups excluding tert-OH is 1. The van der Waals surface area contributed by atoms with Crippen LogP contribution >= 0.6 is 0 Å². The summed E-state index contributed by atoms with van der Waals surface area (Å²) in [5.74, 6) is -4.27. The molecule has 1 rings (SSSR count). The minimum Gasteiger partial charge on any atom is -0.454 e. The summed E-state index contributed by atoms with van der Waals surface area (Å²) in [4.78, 5) is 11.8. The quantitative estimate of drug-likeness (QED) is 0.333. The zero-order chi connectivity index (χ0) is 18.8. The molecular weight excluding hydrogens is 356 g/mol. The van der Waals surface area contributed by atoms with Gasteiger partial charge in [-0.25, -0.2) is 4.79 Å². The minimum atomic E-state index is -4.34. The average Bonchev–Trinajstić information content (AvgIpc) is 2.51. The number of hydrogen-bond acceptors (Lipinski definition) is 9. The van der Waals surface area contributed by atoms with E-state index in [0.29, 0.717) is 6.42 Å². The molecule has 1 unspecified atom stereocenters. The van der Waals surface area contributed by atoms with Gasteiger partial charge in [0.05, 0.1) is 19.8 Å². The normalized spacial score (nSPS) is 19.2. The minimum absolute atomic E-state index is 0.0188. The first-order valence-electron chi connectivity index (χ1n) is 8.61. The van der Waals surface area contributed by atoms with Crippen molar-refractivity contribution >= 4 is 16.4 Å². The molecule has 1 fully saturated rings. The highest BCUT2D eigenvalue weighted by atomic mass is 32.3. The number of hydrogen-bond donors (Lipinski definition) is 2. The van der Waals surface area contributed by atoms with Gasteiger partial charge in [-0.1, -0.05) is 45.4 Å². The van der Waals surface area contributed by atoms with Crippen LogP contribution in [0.15, 0.2) is 0 Å². The predicted octanol–water partition coefficient (Wildman–Crippen LogP) is 0.985. The Kier molecular flexibility index (Phi) is 9.83. The maximum absolute atomic E-state index is 11.8. The number of esters is 1. The Morgan fingerprint density at radius 2 is 1.72 bits per heavy atom. The number of ether oxygens (including phenoxy) is 2. The Labute approximate surface area is 148 Å². The summed E-state index contributed by atoms with van der Waals surface area (Å²) in [6, 6.07) is 0. The molecule has 9 nitrogen and oxygen atoms in total. The van der Waals surface area contributed by atoms with Gasteiger partial charge in [0.15, 0.2) is 0 Å². The van der Waals surface area contributed by atoms with Gasteiger partial charge in [0.25, 0.3) is 0 Å². The van der Waals surface area contributed by atoms with Gasteiger partial charge in [-0.3, -0.25) is 0 Å². The Hall–Kier alpha value is -0.780. The molecule has 1 aliphatic heterocycles. The van der Waals surface area contributed by atoms with E-state index in [-0.39, 0.29) is 19.8 Å². The van der Waals surface area contributed by atoms with Crippen molar-refractivity contribution in [1.82, 2.24) is 0 Å². The van der Waals surface area contributed by atoms with Crippen LogP contribution in [0.4, 0.5) is 0 Å². The molecule has 2 N–H and O–H groups in total. The van der Waals surface area contributed by atoms with Gasteiger partial charge in [0.1, 0.15) is 6.10 Å². The highest BCUT2D eigenvalue weighted by Gasteiger charge is 2.59. The van der Waals surface area contributed by atoms with Crippen molar-refractivity contribution in [2.45, 2.75) is 70.4 Å². The number of carbonyl (C=O) groups is 1. The summed E-state index contributed by atoms with van der Waals surface area (Å²) < 4.78 is 39.8. The van der Waals surface area contributed by atoms with Crippen molar-refractivity contribution < 1.29 is 41.3 Å². The molecule has 25 heavy (non-hydrogen) atoms. The summed E-state index contributed by atoms with van der Waals surface area (Å²) in [6.07, 6.45) is 7.35. The van der Waals surface area contributed by atoms with E-state index in [1.807, 2.05) is 0 Å². The van der Waals surface area contributed by atoms with Crippen LogP contribution in [0, 0.1) is 0 Å². The second-order valence-electron chi connectivity index (χ2n) is 5.89. The van der Waals surface area contributed by atoms with E-state index < -0.39 is 28.4 Å². The van der Waals surface area contributed by atoms with E-state index >= 15 is 0 Å². The highest BCUT2D eigenvalue weighted by molar-refractivity contribution is 7.82. The molecule has 0 radical (unpaired) electrons. The summed E-state index contributed by atoms with van der Waals surface area (Å²) in [7, 11) is -4.34. The monoisotopic (exact) mass is 384 g/mol. The molecule has 0 aromatic rings. The molecule has 1 saturated heterocycles. The lowest BCUT2D eigenvalue weighted by Gasteiger charge is -2.32. The van der Waals surface area contributed by atoms with Crippen LogP contribution in [-0.2, 0) is 33.0 Å². The molecule has 1 heterocycles. The molecule has 10 heteroatoms. The van der Waals surface area contributed by atoms with E-state index in [9.17, 15) is 18.3 Å². The molecule has 0 aliphatic carbocycles. The summed E-state index contributed by atoms with van der Waals surface area (Å²) in [6.45, 7) is 2.08. The number of aliphatic hydroxyl groups is 2. The van der Waals surface area contributed by atoms with Crippen LogP contribution in [0.2, 0.25) is 0 Å². The molecule has 0 spiro atoms. The fraction of sp³-hybridized carbons (Fsp3) is 0.933. The standard InChI is InChI=1S/C15H28O9S/c1-2-3-4-5-6-7-8-9-13(12-21-11-10-16)22-14(17)15(18)23-25(19,20)24-15/h13,16,18H,2-12H2,1H3. The second kappa shape index (κ2) is 11.0. The van der Waals surface area contributed by atoms with E-state index in [4.69, 9.17) is 14.6 Å². The smallest absolute Gasteiger partial charge is 0.416 e. The molecule has 0 aromatic carbocycles. The van der Waals surface area contributed by atoms with Crippen LogP contribution < -0.4 is 0 Å². The van der Waals surface area contributed by atoms with E-state index in [0.717, 1.165) is 25.7 Å². The first-order valence-corrected chi connectivity index (χ1v) is 9.94. The van der Waals surface area contributed by atoms with Gasteiger partial charge in [-0.2, -0.15) is 16.8 Å². The first-order chi connectivity index (χ1) is 11.8. The maximum Gasteiger partial charge on any atom is 0.416 e. The average molecular weight is 384 g/mol. The van der Waals surface area contributed by atoms with Gasteiger partial charge in [0.2, 0.25) is 0 Å². The highest BCUT2D eigenvalue weighted by Crippen LogP contribution is 2.30. The van der Waals surface area contributed by atoms with Crippen LogP contribution in [0.3, 0.4) is 0 Å². The van der Waals surface area contributed by atoms with E-state index in [1.54, 1.807) is 0 Å². The zero-order valence-electron chi connectivity index (χ0n) is 14.5. The molecular formula is C15H28O9S. The van der Waals surface area contributed by atoms with E-state index in [2.05, 4.69) is 15.3 Å². The topological polar surface area (TPSA) is 129 Å². The van der Waals surface area contributed by atoms with Crippen LogP contribution in [0.25, 0.3) is 0 Å². The Morgan fingerprint density at radius 3 is 2.28 bits per heavy atom. The largest absolute Gasteiger partial charge is 0.454 e. The molecule has 0 bridgehead atoms. The van der Waals surface area contributed by atoms with Crippen molar-refractivity contribution in [3.05, 3.63) is 0 Å². The molecule has 0 amide bonds. The molecule has 1 aliphatic rings. The Balaban J connectivity index is 2.35. The third-order valence-electron chi connectivity index (χ3n) is 3.63. The number of unbranched alkanes of at least 4 members (excludes halogenated alkanes) is 6. The third-order valence-corrected chi connectivity index (χ3v) is 4.49. The van der Waals surface area contributed by atoms with Gasteiger partial charge in [0, 0.05) is 0 Å². The lowest BCUT2D eigenvalue weighted by atomic mass is 10.1. The molecule has 1 atom stereocenters. The lowest BCUT2D eigenvalue weighted by Crippen LogP contribution is -2.57. The van der Waals surface area contributed by atoms with Crippen molar-refractivity contribution in [3.8, 4) is 0 Å². The van der Waals surface area contributed by atoms with Crippen molar-refractivity contribution in [1.29, 1.82) is 0 Å². The summed E-state index contributed by atoms with van der Waals surface area (Å²) in [5.41, 5.74) is 0. The Morgan fingerprint density at radius 1 is 1.12 bits per heavy atom. The molecule has 0 saturated carbocycles. The fourth-order valence-corrected chi connectivity index (χ4v) is 3.06. The van der Waals surface area contributed by atoms with Crippen LogP contribution in [0.5, 0.6) is 0 Å². The van der Waals surface area contributed by atoms with Gasteiger partial charge in [-0.05, 0) is 12.8 Å². The van der Waals surface area contributed by atoms with Crippen LogP contribution in [-0.4, -0.2) is 56.5 Å². The lowest BCUT2D eigenvalue weighted by molar-refractivity contribution is -0.318. The van der Waals surface area contributed by atoms with Crippen molar-refractivity contribution in [2.75, 3.05) is 19.8 Å². The predicted molar refractivity (Wildman–Crippen MR) is 86.4 cm³/mol. The van der Waals surface area contributed by atoms with Crippen LogP contribution in [0.1, 0.15) is 58.3 Å².